The van der Waals surface area contributed by atoms with Gasteiger partial charge in [0.25, 0.3) is 5.91 Å². The quantitative estimate of drug-likeness (QED) is 0.570. The van der Waals surface area contributed by atoms with Gasteiger partial charge in [-0.15, -0.1) is 0 Å². The molecule has 0 aromatic heterocycles. The Morgan fingerprint density at radius 3 is 1.76 bits per heavy atom. The van der Waals surface area contributed by atoms with Gasteiger partial charge >= 0.3 is 6.03 Å². The summed E-state index contributed by atoms with van der Waals surface area (Å²) in [6.07, 6.45) is 1.19. The number of hydrogen-bond donors (Lipinski definition) is 0. The summed E-state index contributed by atoms with van der Waals surface area (Å²) in [4.78, 5) is 29.5. The van der Waals surface area contributed by atoms with Crippen LogP contribution in [0.15, 0.2) is 91.0 Å². The minimum atomic E-state index is -0.471. The maximum atomic E-state index is 13.2. The van der Waals surface area contributed by atoms with E-state index in [1.807, 2.05) is 91.0 Å². The number of carbonyl (C=O) groups is 2. The molecule has 4 heteroatoms. The first-order valence-corrected chi connectivity index (χ1v) is 9.96. The van der Waals surface area contributed by atoms with E-state index in [-0.39, 0.29) is 11.9 Å². The number of urea groups is 1. The van der Waals surface area contributed by atoms with Gasteiger partial charge in [0.15, 0.2) is 0 Å². The Balaban J connectivity index is 1.55. The number of amides is 3. The van der Waals surface area contributed by atoms with Crippen molar-refractivity contribution in [2.75, 3.05) is 6.54 Å². The fourth-order valence-electron chi connectivity index (χ4n) is 3.78. The Bertz CT molecular complexity index is 898. The highest BCUT2D eigenvalue weighted by molar-refractivity contribution is 6.04. The van der Waals surface area contributed by atoms with E-state index < -0.39 is 6.04 Å². The van der Waals surface area contributed by atoms with Crippen LogP contribution in [-0.2, 0) is 24.2 Å². The largest absolute Gasteiger partial charge is 0.327 e. The first kappa shape index (κ1) is 18.9. The van der Waals surface area contributed by atoms with Crippen molar-refractivity contribution in [2.24, 2.45) is 0 Å². The van der Waals surface area contributed by atoms with E-state index in [4.69, 9.17) is 0 Å². The van der Waals surface area contributed by atoms with Crippen molar-refractivity contribution in [1.29, 1.82) is 0 Å². The number of benzene rings is 3. The molecule has 29 heavy (non-hydrogen) atoms. The van der Waals surface area contributed by atoms with Gasteiger partial charge in [-0.05, 0) is 23.1 Å². The van der Waals surface area contributed by atoms with E-state index in [0.29, 0.717) is 25.9 Å². The minimum Gasteiger partial charge on any atom is -0.308 e. The Kier molecular flexibility index (Phi) is 5.71. The summed E-state index contributed by atoms with van der Waals surface area (Å²) in [7, 11) is 0. The van der Waals surface area contributed by atoms with Gasteiger partial charge in [-0.1, -0.05) is 91.0 Å². The van der Waals surface area contributed by atoms with Gasteiger partial charge in [-0.2, -0.15) is 0 Å². The number of hydrogen-bond acceptors (Lipinski definition) is 2. The van der Waals surface area contributed by atoms with Crippen LogP contribution >= 0.6 is 0 Å². The van der Waals surface area contributed by atoms with Crippen molar-refractivity contribution in [3.8, 4) is 0 Å². The lowest BCUT2D eigenvalue weighted by atomic mass is 10.0. The summed E-state index contributed by atoms with van der Waals surface area (Å²) in [5.41, 5.74) is 3.20. The fraction of sp³-hybridized carbons (Fsp3) is 0.200. The monoisotopic (exact) mass is 384 g/mol. The SMILES string of the molecule is O=C1[C@H](Cc2ccccc2)N(Cc2ccccc2)C(=O)N1CCc1ccccc1. The summed E-state index contributed by atoms with van der Waals surface area (Å²) in [5, 5.41) is 0. The Morgan fingerprint density at radius 1 is 0.655 bits per heavy atom. The van der Waals surface area contributed by atoms with E-state index in [0.717, 1.165) is 16.7 Å². The molecule has 1 atom stereocenters. The predicted octanol–water partition coefficient (Wildman–Crippen LogP) is 4.30. The van der Waals surface area contributed by atoms with E-state index in [1.165, 1.54) is 4.90 Å². The molecule has 4 nitrogen and oxygen atoms in total. The second kappa shape index (κ2) is 8.74. The molecule has 3 aromatic rings. The van der Waals surface area contributed by atoms with Crippen LogP contribution in [0.2, 0.25) is 0 Å². The lowest BCUT2D eigenvalue weighted by Crippen LogP contribution is -2.36. The highest BCUT2D eigenvalue weighted by Crippen LogP contribution is 2.24. The standard InChI is InChI=1S/C25H24N2O2/c28-24-23(18-21-12-6-2-7-13-21)27(19-22-14-8-3-9-15-22)25(29)26(24)17-16-20-10-4-1-5-11-20/h1-15,23H,16-19H2/t23-/m0/s1. The Labute approximate surface area is 171 Å². The van der Waals surface area contributed by atoms with Gasteiger partial charge in [0, 0.05) is 19.5 Å². The molecular formula is C25H24N2O2. The average Bonchev–Trinajstić information content (AvgIpc) is 2.98. The molecule has 3 amide bonds. The van der Waals surface area contributed by atoms with Crippen LogP contribution in [0.4, 0.5) is 4.79 Å². The molecule has 0 spiro atoms. The molecule has 0 unspecified atom stereocenters. The highest BCUT2D eigenvalue weighted by atomic mass is 16.2. The maximum absolute atomic E-state index is 13.2. The molecule has 0 aliphatic carbocycles. The Morgan fingerprint density at radius 2 is 1.17 bits per heavy atom. The van der Waals surface area contributed by atoms with Crippen molar-refractivity contribution in [3.63, 3.8) is 0 Å². The predicted molar refractivity (Wildman–Crippen MR) is 113 cm³/mol. The van der Waals surface area contributed by atoms with E-state index in [9.17, 15) is 9.59 Å². The second-order valence-corrected chi connectivity index (χ2v) is 7.33. The molecule has 0 radical (unpaired) electrons. The maximum Gasteiger partial charge on any atom is 0.327 e. The van der Waals surface area contributed by atoms with E-state index in [1.54, 1.807) is 4.90 Å². The first-order valence-electron chi connectivity index (χ1n) is 9.96. The van der Waals surface area contributed by atoms with Crippen molar-refractivity contribution in [3.05, 3.63) is 108 Å². The normalized spacial score (nSPS) is 16.5. The van der Waals surface area contributed by atoms with Crippen molar-refractivity contribution in [2.45, 2.75) is 25.4 Å². The summed E-state index contributed by atoms with van der Waals surface area (Å²) in [6, 6.07) is 29.0. The molecule has 1 heterocycles. The molecule has 1 fully saturated rings. The molecule has 1 saturated heterocycles. The molecule has 0 saturated carbocycles. The molecule has 146 valence electrons. The third kappa shape index (κ3) is 4.37. The first-order chi connectivity index (χ1) is 14.2. The third-order valence-corrected chi connectivity index (χ3v) is 5.34. The summed E-state index contributed by atoms with van der Waals surface area (Å²) in [5.74, 6) is -0.106. The van der Waals surface area contributed by atoms with Crippen LogP contribution in [0.25, 0.3) is 0 Å². The molecule has 4 rings (SSSR count). The summed E-state index contributed by atoms with van der Waals surface area (Å²) >= 11 is 0. The average molecular weight is 384 g/mol. The van der Waals surface area contributed by atoms with Crippen LogP contribution in [0.5, 0.6) is 0 Å². The zero-order valence-electron chi connectivity index (χ0n) is 16.3. The Hall–Kier alpha value is -3.40. The third-order valence-electron chi connectivity index (χ3n) is 5.34. The summed E-state index contributed by atoms with van der Waals surface area (Å²) < 4.78 is 0. The van der Waals surface area contributed by atoms with E-state index >= 15 is 0 Å². The topological polar surface area (TPSA) is 40.6 Å². The van der Waals surface area contributed by atoms with Gasteiger partial charge in [0.2, 0.25) is 0 Å². The van der Waals surface area contributed by atoms with Gasteiger partial charge in [-0.25, -0.2) is 4.79 Å². The van der Waals surface area contributed by atoms with Crippen LogP contribution in [-0.4, -0.2) is 34.3 Å². The molecule has 1 aliphatic rings. The molecule has 0 N–H and O–H groups in total. The summed E-state index contributed by atoms with van der Waals surface area (Å²) in [6.45, 7) is 0.836. The molecular weight excluding hydrogens is 360 g/mol. The van der Waals surface area contributed by atoms with Gasteiger partial charge in [-0.3, -0.25) is 9.69 Å². The van der Waals surface area contributed by atoms with Crippen molar-refractivity contribution < 1.29 is 9.59 Å². The number of nitrogens with zero attached hydrogens (tertiary/aromatic N) is 2. The van der Waals surface area contributed by atoms with Crippen molar-refractivity contribution in [1.82, 2.24) is 9.80 Å². The van der Waals surface area contributed by atoms with Gasteiger partial charge < -0.3 is 4.90 Å². The lowest BCUT2D eigenvalue weighted by Gasteiger charge is -2.22. The van der Waals surface area contributed by atoms with Crippen LogP contribution < -0.4 is 0 Å². The number of carbonyl (C=O) groups excluding carboxylic acids is 2. The minimum absolute atomic E-state index is 0.106. The van der Waals surface area contributed by atoms with Gasteiger partial charge in [0.05, 0.1) is 0 Å². The van der Waals surface area contributed by atoms with Crippen LogP contribution in [0.3, 0.4) is 0 Å². The number of imide groups is 1. The smallest absolute Gasteiger partial charge is 0.308 e. The zero-order valence-corrected chi connectivity index (χ0v) is 16.3. The van der Waals surface area contributed by atoms with Crippen LogP contribution in [0.1, 0.15) is 16.7 Å². The fourth-order valence-corrected chi connectivity index (χ4v) is 3.78. The molecule has 1 aliphatic heterocycles. The van der Waals surface area contributed by atoms with E-state index in [2.05, 4.69) is 0 Å². The lowest BCUT2D eigenvalue weighted by molar-refractivity contribution is -0.128. The zero-order chi connectivity index (χ0) is 20.1. The molecule has 3 aromatic carbocycles. The molecule has 0 bridgehead atoms. The van der Waals surface area contributed by atoms with Gasteiger partial charge in [0.1, 0.15) is 6.04 Å². The number of rotatable bonds is 7. The second-order valence-electron chi connectivity index (χ2n) is 7.33. The van der Waals surface area contributed by atoms with Crippen LogP contribution in [0, 0.1) is 0 Å². The van der Waals surface area contributed by atoms with Crippen molar-refractivity contribution >= 4 is 11.9 Å². The highest BCUT2D eigenvalue weighted by Gasteiger charge is 2.44.